The van der Waals surface area contributed by atoms with Gasteiger partial charge in [0.15, 0.2) is 0 Å². The summed E-state index contributed by atoms with van der Waals surface area (Å²) in [7, 11) is -1.47. The minimum absolute atomic E-state index is 0.243. The van der Waals surface area contributed by atoms with Crippen LogP contribution in [0.1, 0.15) is 27.2 Å². The van der Waals surface area contributed by atoms with Crippen molar-refractivity contribution in [2.24, 2.45) is 11.8 Å². The third-order valence-corrected chi connectivity index (χ3v) is 3.14. The van der Waals surface area contributed by atoms with Crippen molar-refractivity contribution in [3.63, 3.8) is 0 Å². The molecule has 1 saturated carbocycles. The minimum atomic E-state index is -1.47. The molecule has 0 aromatic rings. The molecule has 16 heavy (non-hydrogen) atoms. The fraction of sp³-hybridized carbons (Fsp3) is 0.900. The number of ether oxygens (including phenoxy) is 1. The van der Waals surface area contributed by atoms with Gasteiger partial charge in [0, 0.05) is 6.54 Å². The Bertz CT molecular complexity index is 302. The van der Waals surface area contributed by atoms with E-state index in [2.05, 4.69) is 0 Å². The zero-order valence-corrected chi connectivity index (χ0v) is 9.88. The molecule has 1 heterocycles. The number of amides is 1. The normalized spacial score (nSPS) is 32.3. The van der Waals surface area contributed by atoms with Crippen LogP contribution in [0.25, 0.3) is 0 Å². The van der Waals surface area contributed by atoms with E-state index in [-0.39, 0.29) is 5.92 Å². The molecule has 0 spiro atoms. The molecule has 2 aliphatic rings. The summed E-state index contributed by atoms with van der Waals surface area (Å²) in [6.45, 7) is 5.98. The van der Waals surface area contributed by atoms with Crippen molar-refractivity contribution < 1.29 is 19.6 Å². The molecular weight excluding hydrogens is 209 g/mol. The lowest BCUT2D eigenvalue weighted by atomic mass is 9.76. The molecule has 0 radical (unpaired) electrons. The Morgan fingerprint density at radius 1 is 1.44 bits per heavy atom. The molecular formula is C10H18BNO4. The first-order valence-electron chi connectivity index (χ1n) is 5.65. The minimum Gasteiger partial charge on any atom is -0.444 e. The Hall–Kier alpha value is -0.745. The van der Waals surface area contributed by atoms with Gasteiger partial charge < -0.3 is 19.7 Å². The second-order valence-electron chi connectivity index (χ2n) is 5.70. The molecule has 0 aromatic carbocycles. The quantitative estimate of drug-likeness (QED) is 0.630. The Morgan fingerprint density at radius 3 is 2.56 bits per heavy atom. The van der Waals surface area contributed by atoms with Crippen LogP contribution in [0.3, 0.4) is 0 Å². The lowest BCUT2D eigenvalue weighted by Crippen LogP contribution is -2.49. The van der Waals surface area contributed by atoms with Gasteiger partial charge in [-0.25, -0.2) is 4.79 Å². The molecule has 1 aliphatic carbocycles. The van der Waals surface area contributed by atoms with Gasteiger partial charge in [-0.1, -0.05) is 0 Å². The standard InChI is InChI=1S/C10H18BNO4/c1-10(2,3)16-9(13)12-5-6-4-7(6)8(12)11(14)15/h6-8,14-15H,4-5H2,1-3H3. The van der Waals surface area contributed by atoms with Gasteiger partial charge in [0.2, 0.25) is 0 Å². The number of nitrogens with zero attached hydrogens (tertiary/aromatic N) is 1. The Kier molecular flexibility index (Phi) is 2.66. The third kappa shape index (κ3) is 2.17. The zero-order chi connectivity index (χ0) is 12.1. The summed E-state index contributed by atoms with van der Waals surface area (Å²) in [5.74, 6) is 0.187. The smallest absolute Gasteiger partial charge is 0.444 e. The number of rotatable bonds is 1. The summed E-state index contributed by atoms with van der Waals surface area (Å²) < 4.78 is 5.24. The largest absolute Gasteiger partial charge is 0.476 e. The van der Waals surface area contributed by atoms with Crippen LogP contribution in [0.15, 0.2) is 0 Å². The summed E-state index contributed by atoms with van der Waals surface area (Å²) in [6, 6.07) is 0. The maximum atomic E-state index is 11.8. The van der Waals surface area contributed by atoms with E-state index in [0.717, 1.165) is 6.42 Å². The van der Waals surface area contributed by atoms with Crippen molar-refractivity contribution >= 4 is 13.2 Å². The van der Waals surface area contributed by atoms with Crippen molar-refractivity contribution in [2.75, 3.05) is 6.54 Å². The molecule has 1 aliphatic heterocycles. The molecule has 3 unspecified atom stereocenters. The van der Waals surface area contributed by atoms with Gasteiger partial charge in [-0.3, -0.25) is 0 Å². The van der Waals surface area contributed by atoms with Gasteiger partial charge in [0.05, 0.1) is 5.94 Å². The third-order valence-electron chi connectivity index (χ3n) is 3.14. The van der Waals surface area contributed by atoms with E-state index in [1.165, 1.54) is 4.90 Å². The summed E-state index contributed by atoms with van der Waals surface area (Å²) in [5.41, 5.74) is -0.547. The van der Waals surface area contributed by atoms with E-state index in [9.17, 15) is 14.8 Å². The number of hydrogen-bond acceptors (Lipinski definition) is 4. The van der Waals surface area contributed by atoms with Crippen LogP contribution in [0.5, 0.6) is 0 Å². The van der Waals surface area contributed by atoms with E-state index < -0.39 is 24.8 Å². The predicted octanol–water partition coefficient (Wildman–Crippen LogP) is 0.254. The van der Waals surface area contributed by atoms with Gasteiger partial charge >= 0.3 is 13.2 Å². The van der Waals surface area contributed by atoms with E-state index in [1.807, 2.05) is 0 Å². The van der Waals surface area contributed by atoms with Crippen LogP contribution in [0.2, 0.25) is 0 Å². The molecule has 1 amide bonds. The lowest BCUT2D eigenvalue weighted by molar-refractivity contribution is 0.0224. The van der Waals surface area contributed by atoms with E-state index >= 15 is 0 Å². The number of piperidine rings is 1. The van der Waals surface area contributed by atoms with Crippen LogP contribution in [-0.4, -0.2) is 46.2 Å². The van der Waals surface area contributed by atoms with Gasteiger partial charge in [0.25, 0.3) is 0 Å². The molecule has 0 aromatic heterocycles. The monoisotopic (exact) mass is 227 g/mol. The maximum Gasteiger partial charge on any atom is 0.476 e. The van der Waals surface area contributed by atoms with Crippen molar-refractivity contribution in [1.82, 2.24) is 4.90 Å². The molecule has 90 valence electrons. The molecule has 2 rings (SSSR count). The first-order valence-corrected chi connectivity index (χ1v) is 5.65. The van der Waals surface area contributed by atoms with Gasteiger partial charge in [0.1, 0.15) is 5.60 Å². The molecule has 2 N–H and O–H groups in total. The highest BCUT2D eigenvalue weighted by atomic mass is 16.6. The number of hydrogen-bond donors (Lipinski definition) is 2. The van der Waals surface area contributed by atoms with Gasteiger partial charge in [-0.2, -0.15) is 0 Å². The molecule has 6 heteroatoms. The summed E-state index contributed by atoms with van der Waals surface area (Å²) in [4.78, 5) is 13.3. The van der Waals surface area contributed by atoms with Crippen LogP contribution in [0.4, 0.5) is 4.79 Å². The second kappa shape index (κ2) is 3.63. The van der Waals surface area contributed by atoms with E-state index in [4.69, 9.17) is 4.74 Å². The highest BCUT2D eigenvalue weighted by Gasteiger charge is 2.58. The lowest BCUT2D eigenvalue weighted by Gasteiger charge is -2.29. The van der Waals surface area contributed by atoms with Crippen molar-refractivity contribution in [3.8, 4) is 0 Å². The highest BCUT2D eigenvalue weighted by Crippen LogP contribution is 2.50. The Balaban J connectivity index is 2.01. The fourth-order valence-corrected chi connectivity index (χ4v) is 2.40. The number of carbonyl (C=O) groups excluding carboxylic acids is 1. The van der Waals surface area contributed by atoms with Crippen molar-refractivity contribution in [2.45, 2.75) is 38.7 Å². The van der Waals surface area contributed by atoms with Crippen LogP contribution < -0.4 is 0 Å². The molecule has 3 atom stereocenters. The van der Waals surface area contributed by atoms with Gasteiger partial charge in [-0.15, -0.1) is 0 Å². The topological polar surface area (TPSA) is 70.0 Å². The Morgan fingerprint density at radius 2 is 2.06 bits per heavy atom. The molecule has 5 nitrogen and oxygen atoms in total. The van der Waals surface area contributed by atoms with E-state index in [0.29, 0.717) is 12.5 Å². The van der Waals surface area contributed by atoms with Crippen molar-refractivity contribution in [3.05, 3.63) is 0 Å². The predicted molar refractivity (Wildman–Crippen MR) is 58.5 cm³/mol. The summed E-state index contributed by atoms with van der Waals surface area (Å²) in [5, 5.41) is 18.5. The van der Waals surface area contributed by atoms with Gasteiger partial charge in [-0.05, 0) is 39.0 Å². The number of fused-ring (bicyclic) bond motifs is 1. The van der Waals surface area contributed by atoms with Crippen LogP contribution in [0, 0.1) is 11.8 Å². The average Bonchev–Trinajstić information content (AvgIpc) is 2.73. The molecule has 2 fully saturated rings. The fourth-order valence-electron chi connectivity index (χ4n) is 2.40. The Labute approximate surface area is 95.5 Å². The second-order valence-corrected chi connectivity index (χ2v) is 5.70. The summed E-state index contributed by atoms with van der Waals surface area (Å²) in [6.07, 6.45) is 0.541. The highest BCUT2D eigenvalue weighted by molar-refractivity contribution is 6.44. The maximum absolute atomic E-state index is 11.8. The molecule has 0 bridgehead atoms. The first kappa shape index (κ1) is 11.7. The number of likely N-dealkylation sites (tertiary alicyclic amines) is 1. The van der Waals surface area contributed by atoms with Crippen LogP contribution >= 0.6 is 0 Å². The van der Waals surface area contributed by atoms with E-state index in [1.54, 1.807) is 20.8 Å². The van der Waals surface area contributed by atoms with Crippen molar-refractivity contribution in [1.29, 1.82) is 0 Å². The number of carbonyl (C=O) groups is 1. The molecule has 1 saturated heterocycles. The van der Waals surface area contributed by atoms with Crippen LogP contribution in [-0.2, 0) is 4.74 Å². The summed E-state index contributed by atoms with van der Waals surface area (Å²) >= 11 is 0. The first-order chi connectivity index (χ1) is 7.29. The average molecular weight is 227 g/mol. The zero-order valence-electron chi connectivity index (χ0n) is 9.88. The SMILES string of the molecule is CC(C)(C)OC(=O)N1CC2CC2C1B(O)O.